The standard InChI is InChI=1S/C22H27N3O2/c26-22(13-18-5-2-1-3-6-18)24-14-20-7-4-12-25(20)21(15-24)17-27-16-19-8-10-23-11-9-19/h4-5,7-12,21H,1-3,6,13-17H2/t21-/m0/s1. The van der Waals surface area contributed by atoms with Crippen LogP contribution in [0.2, 0.25) is 0 Å². The first-order valence-corrected chi connectivity index (χ1v) is 9.87. The highest BCUT2D eigenvalue weighted by atomic mass is 16.5. The number of amides is 1. The average Bonchev–Trinajstić information content (AvgIpc) is 3.18. The summed E-state index contributed by atoms with van der Waals surface area (Å²) in [5.74, 6) is 0.245. The molecule has 0 saturated heterocycles. The van der Waals surface area contributed by atoms with E-state index in [1.165, 1.54) is 24.1 Å². The van der Waals surface area contributed by atoms with Gasteiger partial charge in [-0.25, -0.2) is 0 Å². The quantitative estimate of drug-likeness (QED) is 0.730. The monoisotopic (exact) mass is 365 g/mol. The zero-order valence-electron chi connectivity index (χ0n) is 15.7. The molecule has 0 aromatic carbocycles. The van der Waals surface area contributed by atoms with Crippen molar-refractivity contribution in [1.29, 1.82) is 0 Å². The number of hydrogen-bond donors (Lipinski definition) is 0. The summed E-state index contributed by atoms with van der Waals surface area (Å²) in [6, 6.07) is 8.26. The van der Waals surface area contributed by atoms with E-state index in [-0.39, 0.29) is 11.9 Å². The third-order valence-electron chi connectivity index (χ3n) is 5.49. The van der Waals surface area contributed by atoms with Gasteiger partial charge in [0, 0.05) is 37.3 Å². The molecule has 0 spiro atoms. The van der Waals surface area contributed by atoms with Crippen LogP contribution in [0.25, 0.3) is 0 Å². The maximum absolute atomic E-state index is 12.9. The van der Waals surface area contributed by atoms with Crippen molar-refractivity contribution >= 4 is 5.91 Å². The third-order valence-corrected chi connectivity index (χ3v) is 5.49. The van der Waals surface area contributed by atoms with Crippen molar-refractivity contribution in [2.45, 2.75) is 51.3 Å². The van der Waals surface area contributed by atoms with E-state index in [9.17, 15) is 4.79 Å². The Balaban J connectivity index is 1.38. The molecule has 142 valence electrons. The zero-order chi connectivity index (χ0) is 18.5. The molecular formula is C22H27N3O2. The summed E-state index contributed by atoms with van der Waals surface area (Å²) >= 11 is 0. The van der Waals surface area contributed by atoms with Crippen LogP contribution in [-0.4, -0.2) is 33.5 Å². The first-order valence-electron chi connectivity index (χ1n) is 9.87. The molecule has 5 heteroatoms. The molecule has 4 rings (SSSR count). The van der Waals surface area contributed by atoms with Gasteiger partial charge in [0.2, 0.25) is 5.91 Å². The molecule has 0 unspecified atom stereocenters. The van der Waals surface area contributed by atoms with Crippen LogP contribution in [0.4, 0.5) is 0 Å². The van der Waals surface area contributed by atoms with Gasteiger partial charge in [0.15, 0.2) is 0 Å². The molecule has 0 fully saturated rings. The van der Waals surface area contributed by atoms with Crippen molar-refractivity contribution in [2.75, 3.05) is 13.2 Å². The first-order chi connectivity index (χ1) is 13.3. The van der Waals surface area contributed by atoms with Gasteiger partial charge in [-0.1, -0.05) is 11.6 Å². The fraction of sp³-hybridized carbons (Fsp3) is 0.455. The molecule has 2 aromatic heterocycles. The lowest BCUT2D eigenvalue weighted by Gasteiger charge is -2.35. The topological polar surface area (TPSA) is 47.4 Å². The SMILES string of the molecule is O=C(CC1=CCCCC1)N1Cc2cccn2[C@H](COCc2ccncc2)C1. The Morgan fingerprint density at radius 2 is 2.11 bits per heavy atom. The summed E-state index contributed by atoms with van der Waals surface area (Å²) in [5, 5.41) is 0. The molecule has 0 bridgehead atoms. The zero-order valence-corrected chi connectivity index (χ0v) is 15.7. The number of pyridine rings is 1. The second-order valence-corrected chi connectivity index (χ2v) is 7.49. The highest BCUT2D eigenvalue weighted by Crippen LogP contribution is 2.26. The molecule has 1 aliphatic heterocycles. The van der Waals surface area contributed by atoms with Crippen molar-refractivity contribution in [1.82, 2.24) is 14.5 Å². The molecule has 0 N–H and O–H groups in total. The number of nitrogens with zero attached hydrogens (tertiary/aromatic N) is 3. The molecule has 2 aliphatic rings. The maximum atomic E-state index is 12.9. The smallest absolute Gasteiger partial charge is 0.227 e. The molecular weight excluding hydrogens is 338 g/mol. The van der Waals surface area contributed by atoms with Crippen LogP contribution in [0.1, 0.15) is 49.4 Å². The Morgan fingerprint density at radius 1 is 1.22 bits per heavy atom. The van der Waals surface area contributed by atoms with E-state index in [0.717, 1.165) is 18.4 Å². The van der Waals surface area contributed by atoms with Crippen molar-refractivity contribution in [3.8, 4) is 0 Å². The summed E-state index contributed by atoms with van der Waals surface area (Å²) in [4.78, 5) is 18.9. The van der Waals surface area contributed by atoms with Gasteiger partial charge in [0.25, 0.3) is 0 Å². The lowest BCUT2D eigenvalue weighted by molar-refractivity contribution is -0.133. The van der Waals surface area contributed by atoms with Gasteiger partial charge < -0.3 is 14.2 Å². The number of carbonyl (C=O) groups is 1. The highest BCUT2D eigenvalue weighted by molar-refractivity contribution is 5.79. The van der Waals surface area contributed by atoms with Crippen LogP contribution in [0, 0.1) is 0 Å². The van der Waals surface area contributed by atoms with Crippen LogP contribution in [-0.2, 0) is 22.7 Å². The van der Waals surface area contributed by atoms with Crippen LogP contribution in [0.15, 0.2) is 54.5 Å². The van der Waals surface area contributed by atoms with Crippen LogP contribution in [0.3, 0.4) is 0 Å². The normalized spacial score (nSPS) is 19.5. The van der Waals surface area contributed by atoms with Gasteiger partial charge >= 0.3 is 0 Å². The predicted octanol–water partition coefficient (Wildman–Crippen LogP) is 3.87. The Hall–Kier alpha value is -2.40. The first kappa shape index (κ1) is 18.0. The van der Waals surface area contributed by atoms with E-state index >= 15 is 0 Å². The van der Waals surface area contributed by atoms with E-state index in [4.69, 9.17) is 4.74 Å². The average molecular weight is 365 g/mol. The fourth-order valence-electron chi connectivity index (χ4n) is 4.01. The Morgan fingerprint density at radius 3 is 2.93 bits per heavy atom. The number of fused-ring (bicyclic) bond motifs is 1. The Labute approximate surface area is 160 Å². The van der Waals surface area contributed by atoms with Gasteiger partial charge in [-0.2, -0.15) is 0 Å². The fourth-order valence-corrected chi connectivity index (χ4v) is 4.01. The van der Waals surface area contributed by atoms with Gasteiger partial charge in [-0.15, -0.1) is 0 Å². The van der Waals surface area contributed by atoms with Gasteiger partial charge in [0.05, 0.1) is 25.8 Å². The predicted molar refractivity (Wildman–Crippen MR) is 104 cm³/mol. The molecule has 0 saturated carbocycles. The summed E-state index contributed by atoms with van der Waals surface area (Å²) in [5.41, 5.74) is 3.62. The van der Waals surface area contributed by atoms with E-state index in [0.29, 0.717) is 32.7 Å². The van der Waals surface area contributed by atoms with Gasteiger partial charge in [-0.05, 0) is 55.5 Å². The lowest BCUT2D eigenvalue weighted by Crippen LogP contribution is -2.42. The summed E-state index contributed by atoms with van der Waals surface area (Å²) < 4.78 is 8.23. The second kappa shape index (κ2) is 8.53. The molecule has 27 heavy (non-hydrogen) atoms. The molecule has 2 aromatic rings. The minimum atomic E-state index is 0.162. The largest absolute Gasteiger partial charge is 0.375 e. The van der Waals surface area contributed by atoms with Crippen LogP contribution in [0.5, 0.6) is 0 Å². The Bertz CT molecular complexity index is 797. The number of rotatable bonds is 6. The van der Waals surface area contributed by atoms with E-state index < -0.39 is 0 Å². The number of hydrogen-bond acceptors (Lipinski definition) is 3. The number of ether oxygens (including phenoxy) is 1. The van der Waals surface area contributed by atoms with Crippen LogP contribution < -0.4 is 0 Å². The number of aromatic nitrogens is 2. The van der Waals surface area contributed by atoms with Crippen molar-refractivity contribution in [2.24, 2.45) is 0 Å². The summed E-state index contributed by atoms with van der Waals surface area (Å²) in [6.07, 6.45) is 13.2. The second-order valence-electron chi connectivity index (χ2n) is 7.49. The summed E-state index contributed by atoms with van der Waals surface area (Å²) in [6.45, 7) is 2.57. The lowest BCUT2D eigenvalue weighted by atomic mass is 9.96. The molecule has 1 amide bonds. The van der Waals surface area contributed by atoms with Crippen molar-refractivity contribution in [3.05, 3.63) is 65.8 Å². The third kappa shape index (κ3) is 4.48. The van der Waals surface area contributed by atoms with Crippen molar-refractivity contribution < 1.29 is 9.53 Å². The van der Waals surface area contributed by atoms with Crippen LogP contribution >= 0.6 is 0 Å². The van der Waals surface area contributed by atoms with E-state index in [1.807, 2.05) is 17.0 Å². The minimum absolute atomic E-state index is 0.162. The highest BCUT2D eigenvalue weighted by Gasteiger charge is 2.28. The minimum Gasteiger partial charge on any atom is -0.375 e. The molecule has 3 heterocycles. The van der Waals surface area contributed by atoms with E-state index in [2.05, 4.69) is 34.0 Å². The Kier molecular flexibility index (Phi) is 5.68. The molecule has 1 atom stereocenters. The van der Waals surface area contributed by atoms with Crippen molar-refractivity contribution in [3.63, 3.8) is 0 Å². The molecule has 1 aliphatic carbocycles. The van der Waals surface area contributed by atoms with Gasteiger partial charge in [-0.3, -0.25) is 9.78 Å². The summed E-state index contributed by atoms with van der Waals surface area (Å²) in [7, 11) is 0. The molecule has 5 nitrogen and oxygen atoms in total. The van der Waals surface area contributed by atoms with Gasteiger partial charge in [0.1, 0.15) is 0 Å². The number of carbonyl (C=O) groups excluding carboxylic acids is 1. The number of allylic oxidation sites excluding steroid dienone is 1. The maximum Gasteiger partial charge on any atom is 0.227 e. The molecule has 0 radical (unpaired) electrons. The van der Waals surface area contributed by atoms with E-state index in [1.54, 1.807) is 12.4 Å².